The van der Waals surface area contributed by atoms with Gasteiger partial charge in [0.2, 0.25) is 0 Å². The third-order valence-corrected chi connectivity index (χ3v) is 3.41. The van der Waals surface area contributed by atoms with E-state index >= 15 is 0 Å². The molecule has 1 aromatic carbocycles. The lowest BCUT2D eigenvalue weighted by Gasteiger charge is -2.20. The molecule has 0 saturated carbocycles. The fraction of sp³-hybridized carbons (Fsp3) is 0.625. The molecule has 0 aromatic heterocycles. The summed E-state index contributed by atoms with van der Waals surface area (Å²) in [6, 6.07) is 10.0. The molecule has 0 bridgehead atoms. The van der Waals surface area contributed by atoms with E-state index in [1.165, 1.54) is 30.4 Å². The Balaban J connectivity index is 2.47. The van der Waals surface area contributed by atoms with Crippen LogP contribution in [0, 0.1) is 0 Å². The molecular weight excluding hydrogens is 206 g/mol. The first-order valence-electron chi connectivity index (χ1n) is 7.02. The lowest BCUT2D eigenvalue weighted by Crippen LogP contribution is -2.28. The second-order valence-corrected chi connectivity index (χ2v) is 5.03. The normalized spacial score (nSPS) is 14.6. The highest BCUT2D eigenvalue weighted by atomic mass is 14.9. The van der Waals surface area contributed by atoms with Crippen molar-refractivity contribution in [1.82, 2.24) is 5.32 Å². The Hall–Kier alpha value is -0.820. The lowest BCUT2D eigenvalue weighted by molar-refractivity contribution is 0.444. The van der Waals surface area contributed by atoms with E-state index in [1.807, 2.05) is 0 Å². The van der Waals surface area contributed by atoms with Crippen LogP contribution in [0.15, 0.2) is 24.3 Å². The molecule has 0 radical (unpaired) electrons. The van der Waals surface area contributed by atoms with Crippen LogP contribution in [0.1, 0.15) is 64.1 Å². The number of nitrogens with one attached hydrogen (secondary N) is 1. The molecule has 1 rings (SSSR count). The van der Waals surface area contributed by atoms with Crippen molar-refractivity contribution in [2.24, 2.45) is 0 Å². The first-order valence-corrected chi connectivity index (χ1v) is 7.02. The van der Waals surface area contributed by atoms with Crippen LogP contribution in [0.4, 0.5) is 0 Å². The van der Waals surface area contributed by atoms with E-state index in [0.29, 0.717) is 12.1 Å². The summed E-state index contributed by atoms with van der Waals surface area (Å²) in [5.74, 6) is 0. The van der Waals surface area contributed by atoms with Gasteiger partial charge in [0.25, 0.3) is 0 Å². The minimum Gasteiger partial charge on any atom is -0.308 e. The van der Waals surface area contributed by atoms with Crippen molar-refractivity contribution < 1.29 is 0 Å². The van der Waals surface area contributed by atoms with Crippen LogP contribution in [0.3, 0.4) is 0 Å². The van der Waals surface area contributed by atoms with Crippen molar-refractivity contribution >= 4 is 0 Å². The van der Waals surface area contributed by atoms with E-state index < -0.39 is 0 Å². The molecule has 0 aliphatic heterocycles. The first-order chi connectivity index (χ1) is 8.17. The zero-order valence-electron chi connectivity index (χ0n) is 11.8. The van der Waals surface area contributed by atoms with Gasteiger partial charge >= 0.3 is 0 Å². The molecule has 0 heterocycles. The number of hydrogen-bond donors (Lipinski definition) is 1. The zero-order valence-corrected chi connectivity index (χ0v) is 11.8. The van der Waals surface area contributed by atoms with Gasteiger partial charge in [0.15, 0.2) is 0 Å². The Labute approximate surface area is 107 Å². The van der Waals surface area contributed by atoms with Gasteiger partial charge in [-0.05, 0) is 37.8 Å². The molecule has 2 atom stereocenters. The summed E-state index contributed by atoms with van der Waals surface area (Å²) >= 11 is 0. The average molecular weight is 233 g/mol. The molecule has 0 amide bonds. The van der Waals surface area contributed by atoms with Crippen molar-refractivity contribution in [2.45, 2.75) is 65.5 Å². The number of unbranched alkanes of at least 4 members (excludes halogenated alkanes) is 1. The first kappa shape index (κ1) is 14.2. The summed E-state index contributed by atoms with van der Waals surface area (Å²) in [6.45, 7) is 8.99. The predicted molar refractivity (Wildman–Crippen MR) is 76.4 cm³/mol. The molecular formula is C16H27N. The molecule has 0 saturated heterocycles. The Bertz CT molecular complexity index is 302. The van der Waals surface area contributed by atoms with Crippen molar-refractivity contribution in [2.75, 3.05) is 0 Å². The Morgan fingerprint density at radius 2 is 1.71 bits per heavy atom. The summed E-state index contributed by atoms with van der Waals surface area (Å²) in [4.78, 5) is 0. The fourth-order valence-corrected chi connectivity index (χ4v) is 2.16. The molecule has 0 spiro atoms. The highest BCUT2D eigenvalue weighted by molar-refractivity contribution is 5.24. The Morgan fingerprint density at radius 1 is 1.06 bits per heavy atom. The van der Waals surface area contributed by atoms with Gasteiger partial charge in [-0.2, -0.15) is 0 Å². The Kier molecular flexibility index (Phi) is 6.28. The van der Waals surface area contributed by atoms with Crippen molar-refractivity contribution in [3.8, 4) is 0 Å². The molecule has 17 heavy (non-hydrogen) atoms. The lowest BCUT2D eigenvalue weighted by atomic mass is 10.0. The molecule has 0 aliphatic carbocycles. The maximum absolute atomic E-state index is 3.67. The summed E-state index contributed by atoms with van der Waals surface area (Å²) < 4.78 is 0. The monoisotopic (exact) mass is 233 g/mol. The van der Waals surface area contributed by atoms with E-state index in [0.717, 1.165) is 6.42 Å². The molecule has 1 N–H and O–H groups in total. The molecule has 0 aliphatic rings. The van der Waals surface area contributed by atoms with Crippen molar-refractivity contribution in [3.05, 3.63) is 35.4 Å². The standard InChI is InChI=1S/C16H27N/c1-5-7-8-13(3)17-14(4)16-11-9-15(6-2)10-12-16/h9-14,17H,5-8H2,1-4H3. The molecule has 1 heteroatoms. The fourth-order valence-electron chi connectivity index (χ4n) is 2.16. The second-order valence-electron chi connectivity index (χ2n) is 5.03. The van der Waals surface area contributed by atoms with Crippen LogP contribution in [0.5, 0.6) is 0 Å². The van der Waals surface area contributed by atoms with Gasteiger partial charge in [0.1, 0.15) is 0 Å². The van der Waals surface area contributed by atoms with Crippen LogP contribution < -0.4 is 5.32 Å². The van der Waals surface area contributed by atoms with Gasteiger partial charge in [0.05, 0.1) is 0 Å². The highest BCUT2D eigenvalue weighted by Crippen LogP contribution is 2.15. The minimum absolute atomic E-state index is 0.452. The van der Waals surface area contributed by atoms with Crippen LogP contribution in [0.25, 0.3) is 0 Å². The second kappa shape index (κ2) is 7.50. The quantitative estimate of drug-likeness (QED) is 0.732. The smallest absolute Gasteiger partial charge is 0.0294 e. The van der Waals surface area contributed by atoms with Gasteiger partial charge < -0.3 is 5.32 Å². The van der Waals surface area contributed by atoms with Crippen LogP contribution in [-0.2, 0) is 6.42 Å². The maximum Gasteiger partial charge on any atom is 0.0294 e. The van der Waals surface area contributed by atoms with E-state index in [4.69, 9.17) is 0 Å². The van der Waals surface area contributed by atoms with E-state index in [-0.39, 0.29) is 0 Å². The largest absolute Gasteiger partial charge is 0.308 e. The Morgan fingerprint density at radius 3 is 2.24 bits per heavy atom. The third kappa shape index (κ3) is 4.91. The van der Waals surface area contributed by atoms with Gasteiger partial charge in [0, 0.05) is 12.1 Å². The highest BCUT2D eigenvalue weighted by Gasteiger charge is 2.08. The van der Waals surface area contributed by atoms with Gasteiger partial charge in [-0.25, -0.2) is 0 Å². The van der Waals surface area contributed by atoms with Gasteiger partial charge in [-0.3, -0.25) is 0 Å². The number of rotatable bonds is 7. The predicted octanol–water partition coefficient (Wildman–Crippen LogP) is 4.48. The van der Waals surface area contributed by atoms with E-state index in [2.05, 4.69) is 57.3 Å². The molecule has 1 nitrogen and oxygen atoms in total. The summed E-state index contributed by atoms with van der Waals surface area (Å²) in [7, 11) is 0. The molecule has 96 valence electrons. The van der Waals surface area contributed by atoms with Crippen LogP contribution in [0.2, 0.25) is 0 Å². The average Bonchev–Trinajstić information content (AvgIpc) is 2.36. The summed E-state index contributed by atoms with van der Waals surface area (Å²) in [5.41, 5.74) is 2.81. The molecule has 2 unspecified atom stereocenters. The summed E-state index contributed by atoms with van der Waals surface area (Å²) in [5, 5.41) is 3.67. The number of hydrogen-bond acceptors (Lipinski definition) is 1. The molecule has 1 aromatic rings. The maximum atomic E-state index is 3.67. The third-order valence-electron chi connectivity index (χ3n) is 3.41. The number of aryl methyl sites for hydroxylation is 1. The number of benzene rings is 1. The SMILES string of the molecule is CCCCC(C)NC(C)c1ccc(CC)cc1. The topological polar surface area (TPSA) is 12.0 Å². The minimum atomic E-state index is 0.452. The van der Waals surface area contributed by atoms with E-state index in [1.54, 1.807) is 0 Å². The van der Waals surface area contributed by atoms with Gasteiger partial charge in [-0.15, -0.1) is 0 Å². The summed E-state index contributed by atoms with van der Waals surface area (Å²) in [6.07, 6.45) is 4.99. The zero-order chi connectivity index (χ0) is 12.7. The van der Waals surface area contributed by atoms with E-state index in [9.17, 15) is 0 Å². The van der Waals surface area contributed by atoms with Gasteiger partial charge in [-0.1, -0.05) is 51.0 Å². The molecule has 0 fully saturated rings. The van der Waals surface area contributed by atoms with Crippen molar-refractivity contribution in [1.29, 1.82) is 0 Å². The van der Waals surface area contributed by atoms with Crippen molar-refractivity contribution in [3.63, 3.8) is 0 Å². The van der Waals surface area contributed by atoms with Crippen LogP contribution in [-0.4, -0.2) is 6.04 Å². The van der Waals surface area contributed by atoms with Crippen LogP contribution >= 0.6 is 0 Å².